The number of nitrogens with zero attached hydrogens (tertiary/aromatic N) is 4. The van der Waals surface area contributed by atoms with Gasteiger partial charge in [0.05, 0.1) is 11.5 Å². The molecule has 4 aliphatic heterocycles. The zero-order valence-corrected chi connectivity index (χ0v) is 27.0. The van der Waals surface area contributed by atoms with Gasteiger partial charge < -0.3 is 24.9 Å². The molecule has 1 unspecified atom stereocenters. The highest BCUT2D eigenvalue weighted by molar-refractivity contribution is 5.92. The van der Waals surface area contributed by atoms with E-state index < -0.39 is 17.7 Å². The van der Waals surface area contributed by atoms with Crippen molar-refractivity contribution in [3.63, 3.8) is 0 Å². The van der Waals surface area contributed by atoms with Crippen molar-refractivity contribution >= 4 is 23.5 Å². The van der Waals surface area contributed by atoms with E-state index in [9.17, 15) is 27.6 Å². The zero-order chi connectivity index (χ0) is 33.0. The molecule has 0 saturated carbocycles. The van der Waals surface area contributed by atoms with Crippen molar-refractivity contribution in [2.75, 3.05) is 44.6 Å². The number of likely N-dealkylation sites (tertiary alicyclic amines) is 3. The summed E-state index contributed by atoms with van der Waals surface area (Å²) in [5.41, 5.74) is 1.53. The van der Waals surface area contributed by atoms with Crippen molar-refractivity contribution in [2.24, 2.45) is 5.92 Å². The molecule has 4 aliphatic rings. The molecule has 4 amide bonds. The van der Waals surface area contributed by atoms with Gasteiger partial charge in [-0.2, -0.15) is 13.2 Å². The molecule has 2 aromatic rings. The van der Waals surface area contributed by atoms with E-state index in [0.717, 1.165) is 49.3 Å². The number of nitrogens with one attached hydrogen (secondary N) is 1. The Morgan fingerprint density at radius 1 is 0.809 bits per heavy atom. The SMILES string of the molecule is O=C(CC(Cc1cccc(C(F)(F)F)c1)C(=O)N1CCC(N2CCCCCC2)CC1)N1CCC(N2Cc3ccccc3NC2=O)CC1. The second kappa shape index (κ2) is 14.7. The fourth-order valence-corrected chi connectivity index (χ4v) is 7.86. The predicted octanol–water partition coefficient (Wildman–Crippen LogP) is 6.16. The molecule has 1 N–H and O–H groups in total. The normalized spacial score (nSPS) is 21.2. The maximum absolute atomic E-state index is 14.0. The van der Waals surface area contributed by atoms with E-state index in [1.807, 2.05) is 34.1 Å². The third kappa shape index (κ3) is 8.11. The van der Waals surface area contributed by atoms with Gasteiger partial charge in [0.15, 0.2) is 0 Å². The highest BCUT2D eigenvalue weighted by Gasteiger charge is 2.36. The third-order valence-electron chi connectivity index (χ3n) is 10.6. The number of halogens is 3. The van der Waals surface area contributed by atoms with E-state index in [4.69, 9.17) is 0 Å². The summed E-state index contributed by atoms with van der Waals surface area (Å²) in [4.78, 5) is 48.5. The zero-order valence-electron chi connectivity index (χ0n) is 27.0. The van der Waals surface area contributed by atoms with Crippen LogP contribution in [0.5, 0.6) is 0 Å². The number of carbonyl (C=O) groups is 3. The molecule has 254 valence electrons. The number of alkyl halides is 3. The summed E-state index contributed by atoms with van der Waals surface area (Å²) in [5, 5.41) is 2.96. The highest BCUT2D eigenvalue weighted by atomic mass is 19.4. The Morgan fingerprint density at radius 2 is 1.47 bits per heavy atom. The second-order valence-electron chi connectivity index (χ2n) is 13.6. The Kier molecular flexibility index (Phi) is 10.4. The van der Waals surface area contributed by atoms with Crippen LogP contribution < -0.4 is 5.32 Å². The molecule has 8 nitrogen and oxygen atoms in total. The fourth-order valence-electron chi connectivity index (χ4n) is 7.86. The summed E-state index contributed by atoms with van der Waals surface area (Å²) in [6, 6.07) is 13.1. The van der Waals surface area contributed by atoms with Crippen LogP contribution in [0.2, 0.25) is 0 Å². The minimum atomic E-state index is -4.49. The average Bonchev–Trinajstić information content (AvgIpc) is 3.37. The first-order valence-corrected chi connectivity index (χ1v) is 17.3. The first-order valence-electron chi connectivity index (χ1n) is 17.3. The molecule has 0 bridgehead atoms. The lowest BCUT2D eigenvalue weighted by molar-refractivity contribution is -0.143. The summed E-state index contributed by atoms with van der Waals surface area (Å²) in [7, 11) is 0. The van der Waals surface area contributed by atoms with Crippen molar-refractivity contribution in [3.05, 3.63) is 65.2 Å². The smallest absolute Gasteiger partial charge is 0.343 e. The summed E-state index contributed by atoms with van der Waals surface area (Å²) in [6.07, 6.45) is 3.46. The van der Waals surface area contributed by atoms with Crippen LogP contribution in [0.15, 0.2) is 48.5 Å². The fraction of sp³-hybridized carbons (Fsp3) is 0.583. The van der Waals surface area contributed by atoms with Crippen LogP contribution in [-0.2, 0) is 28.7 Å². The predicted molar refractivity (Wildman–Crippen MR) is 174 cm³/mol. The number of hydrogen-bond acceptors (Lipinski definition) is 4. The Bertz CT molecular complexity index is 1410. The van der Waals surface area contributed by atoms with Crippen molar-refractivity contribution in [1.82, 2.24) is 19.6 Å². The Labute approximate surface area is 275 Å². The van der Waals surface area contributed by atoms with E-state index in [-0.39, 0.29) is 36.7 Å². The first-order chi connectivity index (χ1) is 22.7. The van der Waals surface area contributed by atoms with Gasteiger partial charge >= 0.3 is 12.2 Å². The summed E-state index contributed by atoms with van der Waals surface area (Å²) >= 11 is 0. The Balaban J connectivity index is 1.10. The number of piperidine rings is 2. The maximum atomic E-state index is 14.0. The minimum absolute atomic E-state index is 0.0135. The van der Waals surface area contributed by atoms with Crippen LogP contribution in [-0.4, -0.2) is 88.8 Å². The molecule has 0 aliphatic carbocycles. The van der Waals surface area contributed by atoms with E-state index >= 15 is 0 Å². The maximum Gasteiger partial charge on any atom is 0.416 e. The molecule has 1 atom stereocenters. The molecule has 3 saturated heterocycles. The number of fused-ring (bicyclic) bond motifs is 1. The topological polar surface area (TPSA) is 76.2 Å². The van der Waals surface area contributed by atoms with Gasteiger partial charge in [-0.05, 0) is 81.3 Å². The molecule has 0 radical (unpaired) electrons. The second-order valence-corrected chi connectivity index (χ2v) is 13.6. The lowest BCUT2D eigenvalue weighted by atomic mass is 9.91. The van der Waals surface area contributed by atoms with E-state index in [2.05, 4.69) is 10.2 Å². The van der Waals surface area contributed by atoms with E-state index in [0.29, 0.717) is 57.2 Å². The molecule has 6 rings (SSSR count). The molecule has 11 heteroatoms. The molecule has 3 fully saturated rings. The van der Waals surface area contributed by atoms with Crippen LogP contribution in [0, 0.1) is 5.92 Å². The molecular weight excluding hydrogens is 607 g/mol. The number of amides is 4. The number of para-hydroxylation sites is 1. The lowest BCUT2D eigenvalue weighted by Gasteiger charge is -2.41. The van der Waals surface area contributed by atoms with Gasteiger partial charge in [0.25, 0.3) is 0 Å². The van der Waals surface area contributed by atoms with Gasteiger partial charge in [0.1, 0.15) is 0 Å². The summed E-state index contributed by atoms with van der Waals surface area (Å²) in [6.45, 7) is 4.82. The largest absolute Gasteiger partial charge is 0.416 e. The number of anilines is 1. The number of carbonyl (C=O) groups excluding carboxylic acids is 3. The summed E-state index contributed by atoms with van der Waals surface area (Å²) in [5.74, 6) is -1.06. The first kappa shape index (κ1) is 33.3. The van der Waals surface area contributed by atoms with Gasteiger partial charge in [-0.25, -0.2) is 4.79 Å². The van der Waals surface area contributed by atoms with Gasteiger partial charge in [-0.1, -0.05) is 49.2 Å². The monoisotopic (exact) mass is 653 g/mol. The summed E-state index contributed by atoms with van der Waals surface area (Å²) < 4.78 is 40.6. The number of rotatable bonds is 7. The van der Waals surface area contributed by atoms with Crippen LogP contribution in [0.3, 0.4) is 0 Å². The van der Waals surface area contributed by atoms with Crippen LogP contribution in [0.4, 0.5) is 23.7 Å². The molecule has 47 heavy (non-hydrogen) atoms. The lowest BCUT2D eigenvalue weighted by Crippen LogP contribution is -2.52. The molecular formula is C36H46F3N5O3. The number of benzene rings is 2. The molecule has 0 aromatic heterocycles. The van der Waals surface area contributed by atoms with Gasteiger partial charge in [0, 0.05) is 56.9 Å². The van der Waals surface area contributed by atoms with Crippen LogP contribution in [0.1, 0.15) is 74.5 Å². The van der Waals surface area contributed by atoms with Crippen molar-refractivity contribution < 1.29 is 27.6 Å². The van der Waals surface area contributed by atoms with Crippen LogP contribution >= 0.6 is 0 Å². The van der Waals surface area contributed by atoms with Crippen molar-refractivity contribution in [1.29, 1.82) is 0 Å². The quantitative estimate of drug-likeness (QED) is 0.389. The molecule has 2 aromatic carbocycles. The van der Waals surface area contributed by atoms with Gasteiger partial charge in [0.2, 0.25) is 11.8 Å². The van der Waals surface area contributed by atoms with Crippen molar-refractivity contribution in [2.45, 2.75) is 89.0 Å². The number of urea groups is 1. The Hall–Kier alpha value is -3.60. The third-order valence-corrected chi connectivity index (χ3v) is 10.6. The van der Waals surface area contributed by atoms with Gasteiger partial charge in [-0.15, -0.1) is 0 Å². The average molecular weight is 654 g/mol. The molecule has 0 spiro atoms. The van der Waals surface area contributed by atoms with E-state index in [1.54, 1.807) is 11.0 Å². The number of hydrogen-bond donors (Lipinski definition) is 1. The van der Waals surface area contributed by atoms with Crippen LogP contribution in [0.25, 0.3) is 0 Å². The highest BCUT2D eigenvalue weighted by Crippen LogP contribution is 2.32. The standard InChI is InChI=1S/C36H46F3N5O3/c37-36(38,39)29-10-7-8-26(23-29)22-28(34(46)43-20-12-30(13-21-43)41-16-5-1-2-6-17-41)24-33(45)42-18-14-31(15-19-42)44-25-27-9-3-4-11-32(27)40-35(44)47/h3-4,7-11,23,28,30-31H,1-2,5-6,12-22,24-25H2,(H,40,47). The van der Waals surface area contributed by atoms with E-state index in [1.165, 1.54) is 31.7 Å². The van der Waals surface area contributed by atoms with Gasteiger partial charge in [-0.3, -0.25) is 9.59 Å². The molecule has 4 heterocycles. The van der Waals surface area contributed by atoms with Crippen molar-refractivity contribution in [3.8, 4) is 0 Å². The minimum Gasteiger partial charge on any atom is -0.343 e. The Morgan fingerprint density at radius 3 is 2.17 bits per heavy atom.